The van der Waals surface area contributed by atoms with Gasteiger partial charge in [0.25, 0.3) is 0 Å². The number of anilines is 1. The van der Waals surface area contributed by atoms with Crippen molar-refractivity contribution in [1.29, 1.82) is 0 Å². The first-order valence-corrected chi connectivity index (χ1v) is 14.7. The van der Waals surface area contributed by atoms with Crippen molar-refractivity contribution in [1.82, 2.24) is 14.5 Å². The smallest absolute Gasteiger partial charge is 0.360 e. The van der Waals surface area contributed by atoms with E-state index in [1.54, 1.807) is 12.4 Å². The third kappa shape index (κ3) is 3.96. The third-order valence-corrected chi connectivity index (χ3v) is 8.64. The van der Waals surface area contributed by atoms with Gasteiger partial charge in [0.1, 0.15) is 5.69 Å². The molecule has 206 valence electrons. The topological polar surface area (TPSA) is 60.2 Å². The molecule has 0 saturated carbocycles. The zero-order valence-corrected chi connectivity index (χ0v) is 23.6. The van der Waals surface area contributed by atoms with Crippen LogP contribution in [0.4, 0.5) is 5.69 Å². The first-order chi connectivity index (χ1) is 20.1. The molecule has 41 heavy (non-hydrogen) atoms. The van der Waals surface area contributed by atoms with Crippen LogP contribution in [0.1, 0.15) is 65.5 Å². The second-order valence-electron chi connectivity index (χ2n) is 11.1. The van der Waals surface area contributed by atoms with Crippen LogP contribution in [0.2, 0.25) is 0 Å². The van der Waals surface area contributed by atoms with Crippen molar-refractivity contribution in [3.05, 3.63) is 113 Å². The number of nitrogens with zero attached hydrogens (tertiary/aromatic N) is 4. The maximum absolute atomic E-state index is 13.6. The molecule has 1 atom stereocenters. The van der Waals surface area contributed by atoms with Crippen LogP contribution in [-0.2, 0) is 16.9 Å². The molecule has 2 aliphatic rings. The zero-order valence-electron chi connectivity index (χ0n) is 23.6. The Labute approximate surface area is 240 Å². The molecule has 1 unspecified atom stereocenters. The highest BCUT2D eigenvalue weighted by molar-refractivity contribution is 5.99. The summed E-state index contributed by atoms with van der Waals surface area (Å²) in [6.45, 7) is 7.32. The van der Waals surface area contributed by atoms with Gasteiger partial charge in [0.15, 0.2) is 5.69 Å². The number of hydrogen-bond acceptors (Lipinski definition) is 5. The number of esters is 1. The lowest BCUT2D eigenvalue weighted by atomic mass is 9.78. The first kappa shape index (κ1) is 25.5. The monoisotopic (exact) mass is 542 g/mol. The minimum Gasteiger partial charge on any atom is -0.438 e. The van der Waals surface area contributed by atoms with Gasteiger partial charge in [-0.15, -0.1) is 0 Å². The molecular formula is C35H34N4O2. The largest absolute Gasteiger partial charge is 0.438 e. The number of hydrogen-bond donors (Lipinski definition) is 0. The van der Waals surface area contributed by atoms with Crippen LogP contribution in [-0.4, -0.2) is 33.6 Å². The van der Waals surface area contributed by atoms with Crippen LogP contribution in [0.15, 0.2) is 85.2 Å². The summed E-state index contributed by atoms with van der Waals surface area (Å²) in [5, 5.41) is 1.05. The third-order valence-electron chi connectivity index (χ3n) is 8.64. The highest BCUT2D eigenvalue weighted by Gasteiger charge is 2.54. The Morgan fingerprint density at radius 1 is 0.927 bits per heavy atom. The second-order valence-corrected chi connectivity index (χ2v) is 11.1. The number of para-hydroxylation sites is 1. The van der Waals surface area contributed by atoms with E-state index < -0.39 is 11.6 Å². The average molecular weight is 543 g/mol. The van der Waals surface area contributed by atoms with Crippen molar-refractivity contribution < 1.29 is 9.53 Å². The fourth-order valence-electron chi connectivity index (χ4n) is 6.79. The highest BCUT2D eigenvalue weighted by atomic mass is 16.6. The van der Waals surface area contributed by atoms with Crippen molar-refractivity contribution >= 4 is 22.6 Å². The number of carbonyl (C=O) groups is 1. The minimum absolute atomic E-state index is 0.278. The quantitative estimate of drug-likeness (QED) is 0.203. The van der Waals surface area contributed by atoms with Gasteiger partial charge in [0, 0.05) is 59.7 Å². The predicted octanol–water partition coefficient (Wildman–Crippen LogP) is 7.27. The van der Waals surface area contributed by atoms with Crippen LogP contribution in [0.3, 0.4) is 0 Å². The number of fused-ring (bicyclic) bond motifs is 2. The molecule has 5 aromatic rings. The van der Waals surface area contributed by atoms with Gasteiger partial charge >= 0.3 is 5.97 Å². The lowest BCUT2D eigenvalue weighted by molar-refractivity contribution is 0.0245. The summed E-state index contributed by atoms with van der Waals surface area (Å²) in [5.41, 5.74) is 6.95. The van der Waals surface area contributed by atoms with Gasteiger partial charge < -0.3 is 14.2 Å². The van der Waals surface area contributed by atoms with Gasteiger partial charge in [0.05, 0.1) is 5.69 Å². The van der Waals surface area contributed by atoms with E-state index in [0.717, 1.165) is 71.3 Å². The summed E-state index contributed by atoms with van der Waals surface area (Å²) in [7, 11) is 0. The van der Waals surface area contributed by atoms with Crippen molar-refractivity contribution in [3.8, 4) is 11.3 Å². The number of rotatable bonds is 7. The average Bonchev–Trinajstić information content (AvgIpc) is 3.73. The Kier molecular flexibility index (Phi) is 6.34. The molecule has 0 N–H and O–H groups in total. The summed E-state index contributed by atoms with van der Waals surface area (Å²) < 4.78 is 9.04. The lowest BCUT2D eigenvalue weighted by Gasteiger charge is -2.32. The van der Waals surface area contributed by atoms with E-state index >= 15 is 0 Å². The second kappa shape index (κ2) is 10.2. The van der Waals surface area contributed by atoms with Crippen molar-refractivity contribution in [2.24, 2.45) is 0 Å². The number of benzene rings is 3. The lowest BCUT2D eigenvalue weighted by Crippen LogP contribution is -2.32. The Balaban J connectivity index is 1.59. The van der Waals surface area contributed by atoms with Crippen molar-refractivity contribution in [2.45, 2.75) is 51.7 Å². The first-order valence-electron chi connectivity index (χ1n) is 14.7. The maximum atomic E-state index is 13.6. The SMILES string of the molecule is CCCCn1c(-c2ccccc2)c(C2(c3ccc(N4CCCC4)cc3C)OC(=O)c3nccnc32)c2ccccc21. The van der Waals surface area contributed by atoms with Gasteiger partial charge in [0.2, 0.25) is 5.60 Å². The number of unbranched alkanes of at least 4 members (excludes halogenated alkanes) is 1. The molecule has 7 rings (SSSR count). The number of cyclic esters (lactones) is 1. The Hall–Kier alpha value is -4.45. The van der Waals surface area contributed by atoms with Gasteiger partial charge in [-0.05, 0) is 55.5 Å². The van der Waals surface area contributed by atoms with Crippen LogP contribution >= 0.6 is 0 Å². The van der Waals surface area contributed by atoms with Gasteiger partial charge in [-0.25, -0.2) is 9.78 Å². The van der Waals surface area contributed by atoms with E-state index in [9.17, 15) is 4.79 Å². The van der Waals surface area contributed by atoms with Crippen LogP contribution in [0, 0.1) is 6.92 Å². The summed E-state index contributed by atoms with van der Waals surface area (Å²) in [5.74, 6) is -0.444. The van der Waals surface area contributed by atoms with E-state index in [-0.39, 0.29) is 5.69 Å². The van der Waals surface area contributed by atoms with E-state index in [4.69, 9.17) is 9.72 Å². The standard InChI is InChI=1S/C35H34N4O2/c1-3-4-22-39-29-15-9-8-14-27(29)30(32(39)25-12-6-5-7-13-25)35(33-31(34(40)41-35)36-18-19-37-33)28-17-16-26(23-24(28)2)38-20-10-11-21-38/h5-9,12-19,23H,3-4,10-11,20-22H2,1-2H3. The zero-order chi connectivity index (χ0) is 28.0. The fraction of sp³-hybridized carbons (Fsp3) is 0.286. The van der Waals surface area contributed by atoms with Crippen molar-refractivity contribution in [3.63, 3.8) is 0 Å². The predicted molar refractivity (Wildman–Crippen MR) is 162 cm³/mol. The summed E-state index contributed by atoms with van der Waals surface area (Å²) >= 11 is 0. The molecule has 6 heteroatoms. The Morgan fingerprint density at radius 3 is 2.46 bits per heavy atom. The fourth-order valence-corrected chi connectivity index (χ4v) is 6.79. The van der Waals surface area contributed by atoms with Gasteiger partial charge in [-0.2, -0.15) is 0 Å². The molecule has 0 amide bonds. The van der Waals surface area contributed by atoms with E-state index in [2.05, 4.69) is 95.0 Å². The van der Waals surface area contributed by atoms with Crippen LogP contribution < -0.4 is 4.90 Å². The molecule has 0 aliphatic carbocycles. The van der Waals surface area contributed by atoms with Crippen LogP contribution in [0.25, 0.3) is 22.2 Å². The molecule has 1 fully saturated rings. The maximum Gasteiger partial charge on any atom is 0.360 e. The molecule has 0 spiro atoms. The molecule has 4 heterocycles. The highest BCUT2D eigenvalue weighted by Crippen LogP contribution is 2.53. The Morgan fingerprint density at radius 2 is 1.68 bits per heavy atom. The van der Waals surface area contributed by atoms with Gasteiger partial charge in [-0.3, -0.25) is 4.98 Å². The molecule has 6 nitrogen and oxygen atoms in total. The van der Waals surface area contributed by atoms with E-state index in [1.165, 1.54) is 18.5 Å². The molecular weight excluding hydrogens is 508 g/mol. The van der Waals surface area contributed by atoms with E-state index in [0.29, 0.717) is 5.69 Å². The number of aryl methyl sites for hydroxylation is 2. The number of carbonyl (C=O) groups excluding carboxylic acids is 1. The normalized spacial score (nSPS) is 18.2. The van der Waals surface area contributed by atoms with E-state index in [1.807, 2.05) is 6.07 Å². The molecule has 2 aromatic heterocycles. The molecule has 0 bridgehead atoms. The molecule has 0 radical (unpaired) electrons. The summed E-state index contributed by atoms with van der Waals surface area (Å²) in [4.78, 5) is 25.4. The molecule has 3 aromatic carbocycles. The summed E-state index contributed by atoms with van der Waals surface area (Å²) in [6.07, 6.45) is 7.77. The summed E-state index contributed by atoms with van der Waals surface area (Å²) in [6, 6.07) is 25.5. The number of aromatic nitrogens is 3. The van der Waals surface area contributed by atoms with Gasteiger partial charge in [-0.1, -0.05) is 67.9 Å². The molecule has 1 saturated heterocycles. The molecule has 2 aliphatic heterocycles. The number of ether oxygens (including phenoxy) is 1. The van der Waals surface area contributed by atoms with Crippen molar-refractivity contribution in [2.75, 3.05) is 18.0 Å². The Bertz CT molecular complexity index is 1750. The van der Waals surface area contributed by atoms with Crippen LogP contribution in [0.5, 0.6) is 0 Å². The minimum atomic E-state index is -1.25.